The van der Waals surface area contributed by atoms with Crippen LogP contribution in [0.2, 0.25) is 0 Å². The molecular formula is C71H137N7O11S. The van der Waals surface area contributed by atoms with Crippen LogP contribution in [-0.4, -0.2) is 90.8 Å². The van der Waals surface area contributed by atoms with E-state index in [1.165, 1.54) is 44.8 Å². The first kappa shape index (κ1) is 92.1. The molecule has 0 aromatic heterocycles. The first-order chi connectivity index (χ1) is 40.7. The molecule has 0 spiro atoms. The van der Waals surface area contributed by atoms with Crippen molar-refractivity contribution < 1.29 is 23.4 Å². The van der Waals surface area contributed by atoms with E-state index < -0.39 is 27.0 Å². The summed E-state index contributed by atoms with van der Waals surface area (Å²) in [6, 6.07) is 0. The first-order valence-corrected chi connectivity index (χ1v) is 35.1. The Morgan fingerprint density at radius 2 is 0.756 bits per heavy atom. The Bertz CT molecular complexity index is 2730. The van der Waals surface area contributed by atoms with Crippen LogP contribution in [0.5, 0.6) is 0 Å². The Morgan fingerprint density at radius 3 is 1.08 bits per heavy atom. The molecule has 1 atom stereocenters. The number of nitrogens with two attached hydrogens (primary N) is 1. The molecule has 0 saturated carbocycles. The van der Waals surface area contributed by atoms with Crippen LogP contribution < -0.4 is 69.6 Å². The van der Waals surface area contributed by atoms with Crippen molar-refractivity contribution in [2.45, 2.75) is 280 Å². The molecule has 3 rings (SSSR count). The van der Waals surface area contributed by atoms with Gasteiger partial charge in [0.1, 0.15) is 11.4 Å². The molecule has 528 valence electrons. The zero-order valence-corrected chi connectivity index (χ0v) is 62.9. The fraction of sp³-hybridized carbons (Fsp3) is 0.817. The number of carbonyl (C=O) groups is 1. The zero-order chi connectivity index (χ0) is 71.3. The van der Waals surface area contributed by atoms with E-state index in [2.05, 4.69) is 156 Å². The van der Waals surface area contributed by atoms with Crippen molar-refractivity contribution in [2.24, 2.45) is 43.6 Å². The normalized spacial score (nSPS) is 12.4. The standard InChI is InChI=1S/C14H23NO2.C12H20N2O2.C12H19NO2.C9H19NO.C9H21N.C8H19NO2S.C7H16O2/c1-14(2,3)9-7-5-6-8-10-11(15-4)13(17)12(10)16;1-12(2,3)6-5-7-14-9-8(13-4)10(15)11(9)16;1-12(2,3)7-5-6-8-9(13-4)11(15)10(8)14;1-8(11)10-7-5-6-9(2,3)4;1-9(2,3)7-5-4-6-8-10;1-8(2,3)6-5-7-9-12(4,10)11;1-7(2,3)4-6(9)5-8/h15H,5-9H2,1-4H3;13-14H,5-7H2,1-4H3;13H,5-7H2,1-4H3;5-7H2,1-4H3,(H,10,11);4-8,10H2,1-3H3;9H,5-7H2,1-4H3;6,8-9H,4-5H2,1-3H3. The first-order valence-electron chi connectivity index (χ1n) is 33.2. The highest BCUT2D eigenvalue weighted by molar-refractivity contribution is 7.88. The van der Waals surface area contributed by atoms with E-state index in [4.69, 9.17) is 15.9 Å². The second kappa shape index (κ2) is 44.3. The van der Waals surface area contributed by atoms with Crippen LogP contribution in [0.25, 0.3) is 0 Å². The average molecular weight is 1300 g/mol. The summed E-state index contributed by atoms with van der Waals surface area (Å²) in [4.78, 5) is 77.5. The van der Waals surface area contributed by atoms with Gasteiger partial charge in [-0.05, 0) is 141 Å². The number of aliphatic hydroxyl groups is 2. The molecule has 19 heteroatoms. The zero-order valence-electron chi connectivity index (χ0n) is 62.1. The number of nitrogens with one attached hydrogen (secondary N) is 6. The van der Waals surface area contributed by atoms with E-state index in [0.717, 1.165) is 96.7 Å². The van der Waals surface area contributed by atoms with Crippen LogP contribution in [0.15, 0.2) is 28.8 Å². The smallest absolute Gasteiger partial charge is 0.253 e. The lowest BCUT2D eigenvalue weighted by Gasteiger charge is -2.20. The van der Waals surface area contributed by atoms with Gasteiger partial charge in [0, 0.05) is 58.8 Å². The Balaban J connectivity index is -0.000000485. The van der Waals surface area contributed by atoms with Gasteiger partial charge < -0.3 is 42.5 Å². The van der Waals surface area contributed by atoms with E-state index in [0.29, 0.717) is 73.9 Å². The van der Waals surface area contributed by atoms with Crippen molar-refractivity contribution in [3.8, 4) is 0 Å². The highest BCUT2D eigenvalue weighted by atomic mass is 32.2. The molecule has 0 aliphatic rings. The largest absolute Gasteiger partial charge is 0.394 e. The topological polar surface area (TPSA) is 292 Å². The highest BCUT2D eigenvalue weighted by Crippen LogP contribution is 2.26. The molecule has 10 N–H and O–H groups in total. The summed E-state index contributed by atoms with van der Waals surface area (Å²) in [7, 11) is 2.04. The molecule has 0 bridgehead atoms. The molecule has 0 saturated heterocycles. The molecule has 18 nitrogen and oxygen atoms in total. The van der Waals surface area contributed by atoms with Gasteiger partial charge in [-0.1, -0.05) is 171 Å². The van der Waals surface area contributed by atoms with Crippen molar-refractivity contribution in [3.63, 3.8) is 0 Å². The number of anilines is 4. The molecule has 1 unspecified atom stereocenters. The van der Waals surface area contributed by atoms with Crippen LogP contribution >= 0.6 is 0 Å². The summed E-state index contributed by atoms with van der Waals surface area (Å²) in [6.45, 7) is 50.2. The fourth-order valence-electron chi connectivity index (χ4n) is 8.95. The number of carbonyl (C=O) groups excluding carboxylic acids is 1. The molecule has 0 heterocycles. The van der Waals surface area contributed by atoms with Crippen LogP contribution in [0.3, 0.4) is 0 Å². The van der Waals surface area contributed by atoms with Gasteiger partial charge >= 0.3 is 0 Å². The lowest BCUT2D eigenvalue weighted by atomic mass is 9.88. The third kappa shape index (κ3) is 52.2. The molecule has 0 radical (unpaired) electrons. The number of hydrogen-bond acceptors (Lipinski definition) is 16. The number of unbranched alkanes of at least 4 members (excludes halogenated alkanes) is 4. The lowest BCUT2D eigenvalue weighted by molar-refractivity contribution is -0.119. The van der Waals surface area contributed by atoms with Crippen LogP contribution in [0.4, 0.5) is 22.7 Å². The van der Waals surface area contributed by atoms with Crippen molar-refractivity contribution in [3.05, 3.63) is 72.5 Å². The van der Waals surface area contributed by atoms with Gasteiger partial charge in [0.2, 0.25) is 37.6 Å². The van der Waals surface area contributed by atoms with E-state index >= 15 is 0 Å². The maximum Gasteiger partial charge on any atom is 0.253 e. The third-order valence-electron chi connectivity index (χ3n) is 13.9. The molecular weight excluding hydrogens is 1160 g/mol. The van der Waals surface area contributed by atoms with Crippen LogP contribution in [-0.2, 0) is 27.7 Å². The second-order valence-corrected chi connectivity index (χ2v) is 34.4. The molecule has 3 aromatic carbocycles. The predicted octanol–water partition coefficient (Wildman–Crippen LogP) is 12.4. The quantitative estimate of drug-likeness (QED) is 0.0241. The number of rotatable bonds is 28. The Morgan fingerprint density at radius 1 is 0.433 bits per heavy atom. The highest BCUT2D eigenvalue weighted by Gasteiger charge is 2.22. The number of aliphatic hydroxyl groups excluding tert-OH is 2. The lowest BCUT2D eigenvalue weighted by Crippen LogP contribution is -2.38. The van der Waals surface area contributed by atoms with Gasteiger partial charge in [0.25, 0.3) is 10.9 Å². The number of sulfonamides is 1. The van der Waals surface area contributed by atoms with Crippen LogP contribution in [0, 0.1) is 37.9 Å². The SMILES string of the molecule is CC(=O)NCCCC(C)(C)C.CC(C)(C)CC(O)CO.CC(C)(C)CCCCCN.CC(C)(C)CCCNS(C)(=O)=O.CNc1c(CCCC(C)(C)C)c(=O)c1=O.CNc1c(CCCCCC(C)(C)C)c(=O)c1=O.CNc1c(NCCCC(C)(C)C)c(=O)c1=O. The minimum Gasteiger partial charge on any atom is -0.394 e. The maximum atomic E-state index is 11.3. The molecule has 0 aliphatic carbocycles. The minimum absolute atomic E-state index is 0.0684. The van der Waals surface area contributed by atoms with Gasteiger partial charge in [-0.25, -0.2) is 13.1 Å². The molecule has 90 heavy (non-hydrogen) atoms. The van der Waals surface area contributed by atoms with Crippen molar-refractivity contribution in [1.29, 1.82) is 0 Å². The van der Waals surface area contributed by atoms with Gasteiger partial charge in [-0.3, -0.25) is 33.6 Å². The summed E-state index contributed by atoms with van der Waals surface area (Å²) in [5.74, 6) is 0.0684. The Hall–Kier alpha value is -4.30. The van der Waals surface area contributed by atoms with Crippen molar-refractivity contribution in [1.82, 2.24) is 10.0 Å². The van der Waals surface area contributed by atoms with E-state index in [9.17, 15) is 42.0 Å². The summed E-state index contributed by atoms with van der Waals surface area (Å²) in [6.07, 6.45) is 20.7. The van der Waals surface area contributed by atoms with E-state index in [-0.39, 0.29) is 45.1 Å². The average Bonchev–Trinajstić information content (AvgIpc) is 1.04. The van der Waals surface area contributed by atoms with Crippen LogP contribution in [0.1, 0.15) is 273 Å². The molecule has 1 amide bonds. The molecule has 0 aliphatic heterocycles. The monoisotopic (exact) mass is 1300 g/mol. The summed E-state index contributed by atoms with van der Waals surface area (Å²) >= 11 is 0. The van der Waals surface area contributed by atoms with Crippen molar-refractivity contribution >= 4 is 38.7 Å². The third-order valence-corrected chi connectivity index (χ3v) is 14.7. The predicted molar refractivity (Wildman–Crippen MR) is 387 cm³/mol. The van der Waals surface area contributed by atoms with Gasteiger partial charge in [-0.15, -0.1) is 0 Å². The maximum absolute atomic E-state index is 11.3. The van der Waals surface area contributed by atoms with E-state index in [1.54, 1.807) is 28.1 Å². The van der Waals surface area contributed by atoms with E-state index in [1.807, 2.05) is 20.8 Å². The van der Waals surface area contributed by atoms with Gasteiger partial charge in [0.05, 0.1) is 30.3 Å². The minimum atomic E-state index is -2.99. The summed E-state index contributed by atoms with van der Waals surface area (Å²) < 4.78 is 23.8. The molecule has 3 aromatic rings. The number of hydrogen-bond donors (Lipinski definition) is 9. The Labute approximate surface area is 547 Å². The fourth-order valence-corrected chi connectivity index (χ4v) is 9.47. The second-order valence-electron chi connectivity index (χ2n) is 32.5. The molecule has 0 fully saturated rings. The van der Waals surface area contributed by atoms with Crippen molar-refractivity contribution in [2.75, 3.05) is 81.5 Å². The van der Waals surface area contributed by atoms with Gasteiger partial charge in [0.15, 0.2) is 0 Å². The summed E-state index contributed by atoms with van der Waals surface area (Å²) in [5, 5.41) is 31.5. The Kier molecular flexibility index (Phi) is 45.4. The van der Waals surface area contributed by atoms with Gasteiger partial charge in [-0.2, -0.15) is 0 Å². The summed E-state index contributed by atoms with van der Waals surface area (Å²) in [5.41, 5.74) is 8.86. The number of amides is 1.